The number of anilines is 1. The summed E-state index contributed by atoms with van der Waals surface area (Å²) in [6.07, 6.45) is 0.810. The zero-order valence-corrected chi connectivity index (χ0v) is 20.8. The van der Waals surface area contributed by atoms with Gasteiger partial charge in [0.05, 0.1) is 24.4 Å². The van der Waals surface area contributed by atoms with E-state index < -0.39 is 0 Å². The highest BCUT2D eigenvalue weighted by molar-refractivity contribution is 7.22. The second kappa shape index (κ2) is 10.9. The van der Waals surface area contributed by atoms with Crippen LogP contribution in [0.25, 0.3) is 10.2 Å². The van der Waals surface area contributed by atoms with Crippen molar-refractivity contribution in [2.24, 2.45) is 0 Å². The molecule has 0 saturated heterocycles. The summed E-state index contributed by atoms with van der Waals surface area (Å²) >= 11 is 1.47. The highest BCUT2D eigenvalue weighted by Gasteiger charge is 2.24. The van der Waals surface area contributed by atoms with Crippen LogP contribution in [0.4, 0.5) is 5.13 Å². The second-order valence-corrected chi connectivity index (χ2v) is 8.65. The number of halogens is 1. The van der Waals surface area contributed by atoms with Crippen LogP contribution in [0.2, 0.25) is 0 Å². The molecule has 0 bridgehead atoms. The van der Waals surface area contributed by atoms with Gasteiger partial charge in [0.15, 0.2) is 28.1 Å². The Morgan fingerprint density at radius 2 is 1.73 bits per heavy atom. The third-order valence-electron chi connectivity index (χ3n) is 5.13. The van der Waals surface area contributed by atoms with Crippen LogP contribution in [0.3, 0.4) is 0 Å². The van der Waals surface area contributed by atoms with Gasteiger partial charge in [-0.1, -0.05) is 11.3 Å². The summed E-state index contributed by atoms with van der Waals surface area (Å²) in [5.74, 6) is 2.35. The Bertz CT molecular complexity index is 1080. The van der Waals surface area contributed by atoms with Gasteiger partial charge >= 0.3 is 0 Å². The van der Waals surface area contributed by atoms with Crippen molar-refractivity contribution >= 4 is 45.0 Å². The van der Waals surface area contributed by atoms with Crippen molar-refractivity contribution in [2.45, 2.75) is 6.42 Å². The zero-order valence-electron chi connectivity index (χ0n) is 19.1. The number of hydrogen-bond donors (Lipinski definition) is 0. The summed E-state index contributed by atoms with van der Waals surface area (Å²) in [7, 11) is 7.16. The molecule has 3 aromatic rings. The van der Waals surface area contributed by atoms with Gasteiger partial charge in [0.1, 0.15) is 13.2 Å². The molecule has 0 radical (unpaired) electrons. The minimum Gasteiger partial charge on any atom is -0.493 e. The van der Waals surface area contributed by atoms with Crippen LogP contribution in [-0.2, 0) is 0 Å². The Morgan fingerprint density at radius 3 is 2.39 bits per heavy atom. The number of amides is 1. The summed E-state index contributed by atoms with van der Waals surface area (Å²) in [5.41, 5.74) is 1.30. The average molecular weight is 494 g/mol. The number of methoxy groups -OCH3 is 2. The maximum Gasteiger partial charge on any atom is 0.260 e. The van der Waals surface area contributed by atoms with Crippen molar-refractivity contribution in [1.29, 1.82) is 0 Å². The molecule has 1 aliphatic heterocycles. The lowest BCUT2D eigenvalue weighted by Gasteiger charge is -2.21. The van der Waals surface area contributed by atoms with Gasteiger partial charge in [-0.25, -0.2) is 4.98 Å². The fourth-order valence-corrected chi connectivity index (χ4v) is 4.52. The van der Waals surface area contributed by atoms with Gasteiger partial charge in [0.25, 0.3) is 5.91 Å². The molecule has 0 unspecified atom stereocenters. The van der Waals surface area contributed by atoms with Crippen LogP contribution in [0.1, 0.15) is 16.8 Å². The Balaban J connectivity index is 0.00000306. The number of carbonyl (C=O) groups excluding carboxylic acids is 1. The largest absolute Gasteiger partial charge is 0.493 e. The van der Waals surface area contributed by atoms with E-state index in [2.05, 4.69) is 4.90 Å². The van der Waals surface area contributed by atoms with Gasteiger partial charge in [-0.3, -0.25) is 9.69 Å². The third kappa shape index (κ3) is 5.43. The van der Waals surface area contributed by atoms with Crippen LogP contribution in [0.5, 0.6) is 23.0 Å². The van der Waals surface area contributed by atoms with Gasteiger partial charge in [0, 0.05) is 24.2 Å². The van der Waals surface area contributed by atoms with E-state index in [0.29, 0.717) is 53.5 Å². The molecule has 33 heavy (non-hydrogen) atoms. The molecule has 1 aliphatic rings. The molecule has 4 rings (SSSR count). The smallest absolute Gasteiger partial charge is 0.260 e. The lowest BCUT2D eigenvalue weighted by Crippen LogP contribution is -2.33. The van der Waals surface area contributed by atoms with Crippen molar-refractivity contribution in [2.75, 3.05) is 59.5 Å². The SMILES string of the molecule is COc1ccc(C(=O)N(CCCN(C)C)c2nc3cc4c(cc3s2)OCCO4)cc1OC.Cl. The molecule has 2 heterocycles. The lowest BCUT2D eigenvalue weighted by molar-refractivity contribution is 0.0985. The molecular weight excluding hydrogens is 466 g/mol. The Kier molecular flexibility index (Phi) is 8.23. The maximum atomic E-state index is 13.6. The normalized spacial score (nSPS) is 12.4. The standard InChI is InChI=1S/C23H27N3O5S.ClH/c1-25(2)8-5-9-26(22(27)15-6-7-17(28-3)18(12-15)29-4)23-24-16-13-19-20(14-21(16)32-23)31-11-10-30-19;/h6-7,12-14H,5,8-11H2,1-4H3;1H. The first-order valence-corrected chi connectivity index (χ1v) is 11.2. The molecule has 2 aromatic carbocycles. The Morgan fingerprint density at radius 1 is 1.03 bits per heavy atom. The van der Waals surface area contributed by atoms with E-state index in [4.69, 9.17) is 23.9 Å². The number of nitrogens with zero attached hydrogens (tertiary/aromatic N) is 3. The van der Waals surface area contributed by atoms with Crippen LogP contribution in [0.15, 0.2) is 30.3 Å². The zero-order chi connectivity index (χ0) is 22.7. The summed E-state index contributed by atoms with van der Waals surface area (Å²) in [5, 5.41) is 0.640. The predicted molar refractivity (Wildman–Crippen MR) is 132 cm³/mol. The molecule has 1 amide bonds. The van der Waals surface area contributed by atoms with Gasteiger partial charge in [-0.05, 0) is 45.3 Å². The maximum absolute atomic E-state index is 13.6. The molecule has 0 N–H and O–H groups in total. The summed E-state index contributed by atoms with van der Waals surface area (Å²) in [6.45, 7) is 2.44. The number of fused-ring (bicyclic) bond motifs is 2. The van der Waals surface area contributed by atoms with Crippen molar-refractivity contribution in [1.82, 2.24) is 9.88 Å². The molecule has 8 nitrogen and oxygen atoms in total. The molecule has 1 aromatic heterocycles. The first kappa shape index (κ1) is 24.9. The summed E-state index contributed by atoms with van der Waals surface area (Å²) < 4.78 is 23.0. The second-order valence-electron chi connectivity index (χ2n) is 7.64. The topological polar surface area (TPSA) is 73.4 Å². The molecule has 0 aliphatic carbocycles. The van der Waals surface area contributed by atoms with E-state index in [1.807, 2.05) is 26.2 Å². The van der Waals surface area contributed by atoms with Crippen molar-refractivity contribution < 1.29 is 23.7 Å². The summed E-state index contributed by atoms with van der Waals surface area (Å²) in [6, 6.07) is 9.00. The molecule has 0 spiro atoms. The van der Waals surface area contributed by atoms with Gasteiger partial charge < -0.3 is 23.8 Å². The van der Waals surface area contributed by atoms with Crippen LogP contribution in [0, 0.1) is 0 Å². The number of rotatable bonds is 8. The van der Waals surface area contributed by atoms with Gasteiger partial charge in [-0.2, -0.15) is 0 Å². The van der Waals surface area contributed by atoms with E-state index in [-0.39, 0.29) is 18.3 Å². The minimum atomic E-state index is -0.138. The Hall–Kier alpha value is -2.75. The van der Waals surface area contributed by atoms with Crippen LogP contribution >= 0.6 is 23.7 Å². The minimum absolute atomic E-state index is 0. The molecule has 0 fully saturated rings. The van der Waals surface area contributed by atoms with Crippen molar-refractivity contribution in [3.63, 3.8) is 0 Å². The summed E-state index contributed by atoms with van der Waals surface area (Å²) in [4.78, 5) is 22.1. The fourth-order valence-electron chi connectivity index (χ4n) is 3.52. The number of aromatic nitrogens is 1. The molecule has 10 heteroatoms. The van der Waals surface area contributed by atoms with E-state index in [0.717, 1.165) is 23.2 Å². The van der Waals surface area contributed by atoms with E-state index in [1.165, 1.54) is 11.3 Å². The van der Waals surface area contributed by atoms with Gasteiger partial charge in [0.2, 0.25) is 0 Å². The Labute approximate surface area is 203 Å². The quantitative estimate of drug-likeness (QED) is 0.467. The first-order valence-electron chi connectivity index (χ1n) is 10.4. The monoisotopic (exact) mass is 493 g/mol. The number of thiazole rings is 1. The predicted octanol–water partition coefficient (Wildman–Crippen LogP) is 4.11. The number of carbonyl (C=O) groups is 1. The molecule has 0 saturated carbocycles. The molecule has 178 valence electrons. The van der Waals surface area contributed by atoms with E-state index >= 15 is 0 Å². The van der Waals surface area contributed by atoms with E-state index in [1.54, 1.807) is 37.3 Å². The highest BCUT2D eigenvalue weighted by Crippen LogP contribution is 2.39. The average Bonchev–Trinajstić information content (AvgIpc) is 3.21. The van der Waals surface area contributed by atoms with E-state index in [9.17, 15) is 4.79 Å². The van der Waals surface area contributed by atoms with Crippen LogP contribution < -0.4 is 23.8 Å². The van der Waals surface area contributed by atoms with Crippen LogP contribution in [-0.4, -0.2) is 70.4 Å². The fraction of sp³-hybridized carbons (Fsp3) is 0.391. The molecule has 0 atom stereocenters. The lowest BCUT2D eigenvalue weighted by atomic mass is 10.1. The third-order valence-corrected chi connectivity index (χ3v) is 6.18. The number of ether oxygens (including phenoxy) is 4. The van der Waals surface area contributed by atoms with Gasteiger partial charge in [-0.15, -0.1) is 12.4 Å². The molecular formula is C23H28ClN3O5S. The number of benzene rings is 2. The highest BCUT2D eigenvalue weighted by atomic mass is 35.5. The number of hydrogen-bond acceptors (Lipinski definition) is 8. The van der Waals surface area contributed by atoms with Crippen molar-refractivity contribution in [3.05, 3.63) is 35.9 Å². The van der Waals surface area contributed by atoms with Crippen molar-refractivity contribution in [3.8, 4) is 23.0 Å². The first-order chi connectivity index (χ1) is 15.5.